The Labute approximate surface area is 167 Å². The van der Waals surface area contributed by atoms with E-state index in [1.54, 1.807) is 0 Å². The molecule has 1 heterocycles. The van der Waals surface area contributed by atoms with Crippen LogP contribution in [0.1, 0.15) is 53.5 Å². The maximum Gasteiger partial charge on any atom is 0.0991 e. The summed E-state index contributed by atoms with van der Waals surface area (Å²) in [6.07, 6.45) is 5.81. The van der Waals surface area contributed by atoms with Gasteiger partial charge in [-0.3, -0.25) is 0 Å². The van der Waals surface area contributed by atoms with Crippen molar-refractivity contribution < 1.29 is 0 Å². The standard InChI is InChI=1S/C26H26N2/c1-19-16-24(20(2)22-10-6-4-7-11-22)26(28-15-14-27-18-28)25(17-19)21(3)23-12-8-5-9-13-23/h4-18,20-21H,1-3H3. The Morgan fingerprint density at radius 3 is 1.68 bits per heavy atom. The first-order chi connectivity index (χ1) is 13.6. The Balaban J connectivity index is 1.93. The van der Waals surface area contributed by atoms with E-state index in [-0.39, 0.29) is 0 Å². The lowest BCUT2D eigenvalue weighted by Crippen LogP contribution is -2.10. The van der Waals surface area contributed by atoms with Crippen LogP contribution in [0.25, 0.3) is 5.69 Å². The van der Waals surface area contributed by atoms with Crippen molar-refractivity contribution in [2.45, 2.75) is 32.6 Å². The van der Waals surface area contributed by atoms with Crippen molar-refractivity contribution >= 4 is 0 Å². The molecule has 2 nitrogen and oxygen atoms in total. The van der Waals surface area contributed by atoms with Crippen molar-refractivity contribution in [3.63, 3.8) is 0 Å². The van der Waals surface area contributed by atoms with Crippen LogP contribution in [0, 0.1) is 6.92 Å². The maximum absolute atomic E-state index is 4.33. The molecule has 0 saturated heterocycles. The molecule has 2 unspecified atom stereocenters. The van der Waals surface area contributed by atoms with Crippen LogP contribution in [0.5, 0.6) is 0 Å². The fourth-order valence-corrected chi connectivity index (χ4v) is 4.03. The lowest BCUT2D eigenvalue weighted by atomic mass is 9.84. The van der Waals surface area contributed by atoms with Gasteiger partial charge in [-0.15, -0.1) is 0 Å². The Morgan fingerprint density at radius 1 is 0.750 bits per heavy atom. The third kappa shape index (κ3) is 3.50. The first-order valence-corrected chi connectivity index (χ1v) is 9.88. The van der Waals surface area contributed by atoms with E-state index < -0.39 is 0 Å². The first-order valence-electron chi connectivity index (χ1n) is 9.88. The predicted octanol–water partition coefficient (Wildman–Crippen LogP) is 6.48. The molecular weight excluding hydrogens is 340 g/mol. The third-order valence-corrected chi connectivity index (χ3v) is 5.61. The fourth-order valence-electron chi connectivity index (χ4n) is 4.03. The smallest absolute Gasteiger partial charge is 0.0991 e. The van der Waals surface area contributed by atoms with Crippen molar-refractivity contribution in [1.82, 2.24) is 9.55 Å². The van der Waals surface area contributed by atoms with E-state index in [1.807, 2.05) is 18.7 Å². The van der Waals surface area contributed by atoms with Crippen molar-refractivity contribution in [3.8, 4) is 5.69 Å². The molecule has 0 aliphatic carbocycles. The highest BCUT2D eigenvalue weighted by atomic mass is 15.0. The number of nitrogens with zero attached hydrogens (tertiary/aromatic N) is 2. The van der Waals surface area contributed by atoms with Crippen LogP contribution >= 0.6 is 0 Å². The Morgan fingerprint density at radius 2 is 1.25 bits per heavy atom. The summed E-state index contributed by atoms with van der Waals surface area (Å²) in [5, 5.41) is 0. The average Bonchev–Trinajstić information content (AvgIpc) is 3.27. The van der Waals surface area contributed by atoms with Gasteiger partial charge >= 0.3 is 0 Å². The summed E-state index contributed by atoms with van der Waals surface area (Å²) >= 11 is 0. The molecule has 0 spiro atoms. The van der Waals surface area contributed by atoms with Crippen molar-refractivity contribution in [2.24, 2.45) is 0 Å². The number of hydrogen-bond donors (Lipinski definition) is 0. The van der Waals surface area contributed by atoms with Gasteiger partial charge in [-0.25, -0.2) is 4.98 Å². The Bertz CT molecular complexity index is 968. The summed E-state index contributed by atoms with van der Waals surface area (Å²) in [6.45, 7) is 6.78. The molecular formula is C26H26N2. The second kappa shape index (κ2) is 7.85. The molecule has 4 rings (SSSR count). The van der Waals surface area contributed by atoms with Gasteiger partial charge in [0.15, 0.2) is 0 Å². The fraction of sp³-hybridized carbons (Fsp3) is 0.192. The van der Waals surface area contributed by atoms with Crippen LogP contribution < -0.4 is 0 Å². The number of aromatic nitrogens is 2. The van der Waals surface area contributed by atoms with Crippen LogP contribution in [0.2, 0.25) is 0 Å². The molecule has 2 heteroatoms. The van der Waals surface area contributed by atoms with Crippen molar-refractivity contribution in [2.75, 3.05) is 0 Å². The second-order valence-corrected chi connectivity index (χ2v) is 7.53. The van der Waals surface area contributed by atoms with Crippen LogP contribution in [0.15, 0.2) is 91.5 Å². The van der Waals surface area contributed by atoms with E-state index in [0.717, 1.165) is 0 Å². The molecule has 0 radical (unpaired) electrons. The van der Waals surface area contributed by atoms with Crippen LogP contribution in [0.3, 0.4) is 0 Å². The van der Waals surface area contributed by atoms with Crippen molar-refractivity contribution in [3.05, 3.63) is 119 Å². The summed E-state index contributed by atoms with van der Waals surface area (Å²) < 4.78 is 2.17. The number of aryl methyl sites for hydroxylation is 1. The zero-order valence-electron chi connectivity index (χ0n) is 16.7. The molecule has 1 aromatic heterocycles. The SMILES string of the molecule is Cc1cc(C(C)c2ccccc2)c(-n2ccnc2)c(C(C)c2ccccc2)c1. The van der Waals surface area contributed by atoms with E-state index in [4.69, 9.17) is 0 Å². The highest BCUT2D eigenvalue weighted by molar-refractivity contribution is 5.57. The molecule has 0 amide bonds. The zero-order chi connectivity index (χ0) is 19.5. The summed E-state index contributed by atoms with van der Waals surface area (Å²) in [6, 6.07) is 26.1. The van der Waals surface area contributed by atoms with Gasteiger partial charge in [-0.1, -0.05) is 92.2 Å². The highest BCUT2D eigenvalue weighted by Gasteiger charge is 2.21. The Hall–Kier alpha value is -3.13. The maximum atomic E-state index is 4.33. The minimum Gasteiger partial charge on any atom is -0.306 e. The summed E-state index contributed by atoms with van der Waals surface area (Å²) in [5.74, 6) is 0.584. The molecule has 0 bridgehead atoms. The number of benzene rings is 3. The number of hydrogen-bond acceptors (Lipinski definition) is 1. The van der Waals surface area contributed by atoms with Gasteiger partial charge < -0.3 is 4.57 Å². The summed E-state index contributed by atoms with van der Waals surface area (Å²) in [4.78, 5) is 4.33. The first kappa shape index (κ1) is 18.2. The molecule has 2 atom stereocenters. The van der Waals surface area contributed by atoms with E-state index in [1.165, 1.54) is 33.5 Å². The minimum absolute atomic E-state index is 0.292. The lowest BCUT2D eigenvalue weighted by Gasteiger charge is -2.25. The molecule has 140 valence electrons. The van der Waals surface area contributed by atoms with Crippen LogP contribution in [-0.2, 0) is 0 Å². The van der Waals surface area contributed by atoms with Gasteiger partial charge in [0.2, 0.25) is 0 Å². The lowest BCUT2D eigenvalue weighted by molar-refractivity contribution is 0.845. The predicted molar refractivity (Wildman–Crippen MR) is 116 cm³/mol. The van der Waals surface area contributed by atoms with E-state index >= 15 is 0 Å². The molecule has 0 aliphatic heterocycles. The van der Waals surface area contributed by atoms with Gasteiger partial charge in [-0.05, 0) is 29.2 Å². The zero-order valence-corrected chi connectivity index (χ0v) is 16.7. The molecule has 3 aromatic carbocycles. The van der Waals surface area contributed by atoms with Crippen LogP contribution in [-0.4, -0.2) is 9.55 Å². The number of imidazole rings is 1. The normalized spacial score (nSPS) is 13.2. The van der Waals surface area contributed by atoms with Gasteiger partial charge in [0.1, 0.15) is 0 Å². The van der Waals surface area contributed by atoms with Gasteiger partial charge in [0.25, 0.3) is 0 Å². The third-order valence-electron chi connectivity index (χ3n) is 5.61. The molecule has 0 N–H and O–H groups in total. The summed E-state index contributed by atoms with van der Waals surface area (Å²) in [5.41, 5.74) is 7.86. The van der Waals surface area contributed by atoms with Gasteiger partial charge in [-0.2, -0.15) is 0 Å². The Kier molecular flexibility index (Phi) is 5.12. The van der Waals surface area contributed by atoms with Gasteiger partial charge in [0, 0.05) is 24.2 Å². The molecule has 28 heavy (non-hydrogen) atoms. The monoisotopic (exact) mass is 366 g/mol. The number of rotatable bonds is 5. The highest BCUT2D eigenvalue weighted by Crippen LogP contribution is 2.37. The van der Waals surface area contributed by atoms with E-state index in [0.29, 0.717) is 11.8 Å². The topological polar surface area (TPSA) is 17.8 Å². The molecule has 0 fully saturated rings. The largest absolute Gasteiger partial charge is 0.306 e. The second-order valence-electron chi connectivity index (χ2n) is 7.53. The van der Waals surface area contributed by atoms with Crippen molar-refractivity contribution in [1.29, 1.82) is 0 Å². The average molecular weight is 367 g/mol. The quantitative estimate of drug-likeness (QED) is 0.395. The molecule has 0 aliphatic rings. The molecule has 4 aromatic rings. The van der Waals surface area contributed by atoms with Crippen LogP contribution in [0.4, 0.5) is 0 Å². The van der Waals surface area contributed by atoms with E-state index in [2.05, 4.69) is 103 Å². The van der Waals surface area contributed by atoms with E-state index in [9.17, 15) is 0 Å². The summed E-state index contributed by atoms with van der Waals surface area (Å²) in [7, 11) is 0. The molecule has 0 saturated carbocycles. The minimum atomic E-state index is 0.292. The van der Waals surface area contributed by atoms with Gasteiger partial charge in [0.05, 0.1) is 12.0 Å².